The fourth-order valence-corrected chi connectivity index (χ4v) is 4.06. The van der Waals surface area contributed by atoms with Crippen molar-refractivity contribution >= 4 is 17.7 Å². The van der Waals surface area contributed by atoms with Gasteiger partial charge in [0.2, 0.25) is 5.91 Å². The molecule has 9 heteroatoms. The number of halogens is 1. The topological polar surface area (TPSA) is 100 Å². The second-order valence-corrected chi connectivity index (χ2v) is 8.06. The van der Waals surface area contributed by atoms with Gasteiger partial charge in [-0.15, -0.1) is 16.8 Å². The number of unbranched alkanes of at least 4 members (excludes halogenated alkanes) is 1. The normalized spacial score (nSPS) is 10.8. The molecule has 2 aromatic carbocycles. The fraction of sp³-hybridized carbons (Fsp3) is 0.261. The van der Waals surface area contributed by atoms with Gasteiger partial charge in [0, 0.05) is 42.8 Å². The largest absolute Gasteiger partial charge is 0.508 e. The number of phenolic OH excluding ortho intramolecular Hbond substituents is 2. The Morgan fingerprint density at radius 1 is 1.19 bits per heavy atom. The van der Waals surface area contributed by atoms with Gasteiger partial charge < -0.3 is 15.5 Å². The average molecular weight is 457 g/mol. The minimum Gasteiger partial charge on any atom is -0.508 e. The smallest absolute Gasteiger partial charge is 0.220 e. The maximum Gasteiger partial charge on any atom is 0.220 e. The molecule has 168 valence electrons. The van der Waals surface area contributed by atoms with Crippen LogP contribution in [0.1, 0.15) is 30.7 Å². The van der Waals surface area contributed by atoms with E-state index in [1.54, 1.807) is 24.3 Å². The summed E-state index contributed by atoms with van der Waals surface area (Å²) in [6.07, 6.45) is 4.09. The zero-order chi connectivity index (χ0) is 22.9. The van der Waals surface area contributed by atoms with Crippen molar-refractivity contribution in [2.24, 2.45) is 0 Å². The Labute approximate surface area is 190 Å². The summed E-state index contributed by atoms with van der Waals surface area (Å²) in [5, 5.41) is 31.8. The van der Waals surface area contributed by atoms with Gasteiger partial charge in [-0.3, -0.25) is 9.36 Å². The van der Waals surface area contributed by atoms with E-state index in [4.69, 9.17) is 0 Å². The van der Waals surface area contributed by atoms with E-state index >= 15 is 0 Å². The fourth-order valence-electron chi connectivity index (χ4n) is 3.09. The molecule has 32 heavy (non-hydrogen) atoms. The Kier molecular flexibility index (Phi) is 8.27. The average Bonchev–Trinajstić information content (AvgIpc) is 3.17. The molecule has 0 saturated heterocycles. The molecule has 0 saturated carbocycles. The summed E-state index contributed by atoms with van der Waals surface area (Å²) in [6, 6.07) is 10.7. The molecule has 0 aliphatic heterocycles. The molecular formula is C23H25FN4O3S. The quantitative estimate of drug-likeness (QED) is 0.228. The number of nitrogens with zero attached hydrogens (tertiary/aromatic N) is 3. The molecule has 3 rings (SSSR count). The monoisotopic (exact) mass is 456 g/mol. The minimum atomic E-state index is -0.500. The number of hydrogen-bond donors (Lipinski definition) is 3. The highest BCUT2D eigenvalue weighted by Crippen LogP contribution is 2.30. The van der Waals surface area contributed by atoms with Crippen molar-refractivity contribution in [3.05, 3.63) is 72.3 Å². The summed E-state index contributed by atoms with van der Waals surface area (Å²) >= 11 is 1.35. The summed E-state index contributed by atoms with van der Waals surface area (Å²) in [7, 11) is 0. The van der Waals surface area contributed by atoms with Crippen molar-refractivity contribution in [3.63, 3.8) is 0 Å². The lowest BCUT2D eigenvalue weighted by Crippen LogP contribution is -2.22. The standard InChI is InChI=1S/C23H25FN4O3S/c1-2-12-25-22(31)9-4-3-8-21-26-27-23(28(21)18-6-5-7-19(29)14-18)32-15-16-10-11-17(24)13-20(16)30/h2,5-7,10-11,13-14,29-30H,1,3-4,8-9,12,15H2,(H,25,31). The molecule has 3 N–H and O–H groups in total. The van der Waals surface area contributed by atoms with E-state index in [-0.39, 0.29) is 17.4 Å². The third-order valence-corrected chi connectivity index (χ3v) is 5.67. The number of nitrogens with one attached hydrogen (secondary N) is 1. The third-order valence-electron chi connectivity index (χ3n) is 4.69. The Morgan fingerprint density at radius 3 is 2.78 bits per heavy atom. The van der Waals surface area contributed by atoms with Gasteiger partial charge >= 0.3 is 0 Å². The zero-order valence-corrected chi connectivity index (χ0v) is 18.3. The molecule has 0 radical (unpaired) electrons. The highest BCUT2D eigenvalue weighted by molar-refractivity contribution is 7.98. The number of carbonyl (C=O) groups excluding carboxylic acids is 1. The Morgan fingerprint density at radius 2 is 2.03 bits per heavy atom. The zero-order valence-electron chi connectivity index (χ0n) is 17.5. The maximum absolute atomic E-state index is 13.2. The van der Waals surface area contributed by atoms with E-state index in [9.17, 15) is 19.4 Å². The van der Waals surface area contributed by atoms with Crippen LogP contribution in [0, 0.1) is 5.82 Å². The lowest BCUT2D eigenvalue weighted by atomic mass is 10.1. The number of carbonyl (C=O) groups is 1. The Bertz CT molecular complexity index is 1090. The molecule has 1 heterocycles. The predicted octanol–water partition coefficient (Wildman–Crippen LogP) is 4.12. The van der Waals surface area contributed by atoms with Crippen LogP contribution >= 0.6 is 11.8 Å². The van der Waals surface area contributed by atoms with E-state index in [1.165, 1.54) is 23.9 Å². The molecule has 0 spiro atoms. The van der Waals surface area contributed by atoms with E-state index in [0.29, 0.717) is 53.8 Å². The van der Waals surface area contributed by atoms with E-state index in [1.807, 2.05) is 10.6 Å². The van der Waals surface area contributed by atoms with Gasteiger partial charge in [0.1, 0.15) is 23.1 Å². The van der Waals surface area contributed by atoms with E-state index < -0.39 is 5.82 Å². The first-order valence-electron chi connectivity index (χ1n) is 10.2. The minimum absolute atomic E-state index is 0.0188. The second-order valence-electron chi connectivity index (χ2n) is 7.12. The van der Waals surface area contributed by atoms with Gasteiger partial charge in [-0.2, -0.15) is 0 Å². The van der Waals surface area contributed by atoms with Crippen LogP contribution in [0.25, 0.3) is 5.69 Å². The van der Waals surface area contributed by atoms with Crippen LogP contribution in [-0.4, -0.2) is 37.4 Å². The van der Waals surface area contributed by atoms with Gasteiger partial charge in [0.05, 0.1) is 5.69 Å². The van der Waals surface area contributed by atoms with Crippen LogP contribution in [0.15, 0.2) is 60.3 Å². The van der Waals surface area contributed by atoms with E-state index in [0.717, 1.165) is 12.5 Å². The molecule has 0 unspecified atom stereocenters. The van der Waals surface area contributed by atoms with Gasteiger partial charge in [-0.25, -0.2) is 4.39 Å². The van der Waals surface area contributed by atoms with Crippen LogP contribution in [0.3, 0.4) is 0 Å². The number of phenols is 2. The number of hydrogen-bond acceptors (Lipinski definition) is 6. The van der Waals surface area contributed by atoms with Crippen molar-refractivity contribution in [1.29, 1.82) is 0 Å². The lowest BCUT2D eigenvalue weighted by molar-refractivity contribution is -0.121. The highest BCUT2D eigenvalue weighted by atomic mass is 32.2. The SMILES string of the molecule is C=CCNC(=O)CCCCc1nnc(SCc2ccc(F)cc2O)n1-c1cccc(O)c1. The highest BCUT2D eigenvalue weighted by Gasteiger charge is 2.16. The molecule has 0 aliphatic rings. The van der Waals surface area contributed by atoms with Crippen molar-refractivity contribution < 1.29 is 19.4 Å². The summed E-state index contributed by atoms with van der Waals surface area (Å²) in [6.45, 7) is 4.03. The maximum atomic E-state index is 13.2. The van der Waals surface area contributed by atoms with Crippen molar-refractivity contribution in [3.8, 4) is 17.2 Å². The van der Waals surface area contributed by atoms with Crippen LogP contribution in [0.4, 0.5) is 4.39 Å². The number of benzene rings is 2. The number of aryl methyl sites for hydroxylation is 1. The van der Waals surface area contributed by atoms with Crippen molar-refractivity contribution in [1.82, 2.24) is 20.1 Å². The first-order valence-corrected chi connectivity index (χ1v) is 11.2. The summed E-state index contributed by atoms with van der Waals surface area (Å²) in [5.41, 5.74) is 1.29. The predicted molar refractivity (Wildman–Crippen MR) is 121 cm³/mol. The van der Waals surface area contributed by atoms with Crippen LogP contribution in [0.5, 0.6) is 11.5 Å². The van der Waals surface area contributed by atoms with Crippen LogP contribution in [-0.2, 0) is 17.0 Å². The first-order chi connectivity index (χ1) is 15.5. The van der Waals surface area contributed by atoms with Gasteiger partial charge in [0.25, 0.3) is 0 Å². The summed E-state index contributed by atoms with van der Waals surface area (Å²) < 4.78 is 15.1. The number of thioether (sulfide) groups is 1. The molecule has 0 atom stereocenters. The molecule has 0 aliphatic carbocycles. The molecule has 7 nitrogen and oxygen atoms in total. The van der Waals surface area contributed by atoms with Gasteiger partial charge in [-0.1, -0.05) is 30.0 Å². The molecule has 1 amide bonds. The number of rotatable bonds is 11. The van der Waals surface area contributed by atoms with Crippen LogP contribution < -0.4 is 5.32 Å². The molecular weight excluding hydrogens is 431 g/mol. The molecule has 0 fully saturated rings. The molecule has 1 aromatic heterocycles. The third kappa shape index (κ3) is 6.34. The van der Waals surface area contributed by atoms with Crippen molar-refractivity contribution in [2.75, 3.05) is 6.54 Å². The Balaban J connectivity index is 1.73. The lowest BCUT2D eigenvalue weighted by Gasteiger charge is -2.11. The molecule has 0 bridgehead atoms. The van der Waals surface area contributed by atoms with Gasteiger partial charge in [0.15, 0.2) is 5.16 Å². The number of amides is 1. The first kappa shape index (κ1) is 23.3. The number of aromatic nitrogens is 3. The number of aromatic hydroxyl groups is 2. The second kappa shape index (κ2) is 11.3. The van der Waals surface area contributed by atoms with E-state index in [2.05, 4.69) is 22.1 Å². The Hall–Kier alpha value is -3.33. The molecule has 3 aromatic rings. The van der Waals surface area contributed by atoms with Gasteiger partial charge in [-0.05, 0) is 31.0 Å². The summed E-state index contributed by atoms with van der Waals surface area (Å²) in [5.74, 6) is 0.554. The van der Waals surface area contributed by atoms with Crippen molar-refractivity contribution in [2.45, 2.75) is 36.6 Å². The van der Waals surface area contributed by atoms with Crippen LogP contribution in [0.2, 0.25) is 0 Å². The summed E-state index contributed by atoms with van der Waals surface area (Å²) in [4.78, 5) is 11.7.